The van der Waals surface area contributed by atoms with Crippen LogP contribution < -0.4 is 4.90 Å². The number of rotatable bonds is 6. The van der Waals surface area contributed by atoms with Crippen LogP contribution in [0.25, 0.3) is 10.2 Å². The molecular weight excluding hydrogens is 390 g/mol. The van der Waals surface area contributed by atoms with Crippen LogP contribution in [0.15, 0.2) is 36.4 Å². The molecule has 0 unspecified atom stereocenters. The van der Waals surface area contributed by atoms with Crippen molar-refractivity contribution in [3.63, 3.8) is 0 Å². The zero-order chi connectivity index (χ0) is 19.6. The summed E-state index contributed by atoms with van der Waals surface area (Å²) in [6.07, 6.45) is 0.392. The van der Waals surface area contributed by atoms with Crippen molar-refractivity contribution in [2.45, 2.75) is 27.2 Å². The zero-order valence-corrected chi connectivity index (χ0v) is 18.8. The summed E-state index contributed by atoms with van der Waals surface area (Å²) in [6, 6.07) is 12.5. The summed E-state index contributed by atoms with van der Waals surface area (Å²) in [5.74, 6) is 0.0934. The van der Waals surface area contributed by atoms with Gasteiger partial charge in [0, 0.05) is 13.1 Å². The number of hydrogen-bond donors (Lipinski definition) is 0. The highest BCUT2D eigenvalue weighted by Crippen LogP contribution is 2.30. The van der Waals surface area contributed by atoms with Crippen LogP contribution in [-0.4, -0.2) is 43.0 Å². The number of likely N-dealkylation sites (N-methyl/N-ethyl adjacent to an activating group) is 1. The van der Waals surface area contributed by atoms with E-state index < -0.39 is 0 Å². The molecule has 0 aliphatic carbocycles. The topological polar surface area (TPSA) is 36.4 Å². The van der Waals surface area contributed by atoms with Crippen LogP contribution in [-0.2, 0) is 11.2 Å². The molecule has 0 radical (unpaired) electrons. The number of halogens is 1. The molecule has 1 amide bonds. The predicted octanol–water partition coefficient (Wildman–Crippen LogP) is 4.78. The molecule has 0 aliphatic heterocycles. The molecule has 2 aromatic carbocycles. The normalized spacial score (nSPS) is 10.9. The lowest BCUT2D eigenvalue weighted by atomic mass is 10.0. The highest BCUT2D eigenvalue weighted by atomic mass is 35.5. The number of fused-ring (bicyclic) bond motifs is 1. The van der Waals surface area contributed by atoms with Crippen LogP contribution in [0.4, 0.5) is 5.13 Å². The van der Waals surface area contributed by atoms with Gasteiger partial charge in [-0.2, -0.15) is 0 Å². The Labute approximate surface area is 177 Å². The lowest BCUT2D eigenvalue weighted by Crippen LogP contribution is -2.37. The molecule has 0 saturated carbocycles. The standard InChI is InChI=1S/C22H27N3OS.ClH/c1-15-6-9-19-20(12-15)27-22(23-19)25(11-10-24(4)5)21(26)14-18-8-7-16(2)17(3)13-18;/h6-9,12-13H,10-11,14H2,1-5H3;1H. The van der Waals surface area contributed by atoms with Crippen LogP contribution in [0.2, 0.25) is 0 Å². The Kier molecular flexibility index (Phi) is 7.58. The van der Waals surface area contributed by atoms with Crippen molar-refractivity contribution in [3.05, 3.63) is 58.7 Å². The van der Waals surface area contributed by atoms with E-state index in [9.17, 15) is 4.79 Å². The van der Waals surface area contributed by atoms with Crippen molar-refractivity contribution in [3.8, 4) is 0 Å². The minimum atomic E-state index is 0. The van der Waals surface area contributed by atoms with Gasteiger partial charge in [0.05, 0.1) is 16.6 Å². The first kappa shape index (κ1) is 22.3. The molecule has 0 bridgehead atoms. The molecule has 1 heterocycles. The van der Waals surface area contributed by atoms with Gasteiger partial charge in [0.15, 0.2) is 5.13 Å². The van der Waals surface area contributed by atoms with Gasteiger partial charge in [0.25, 0.3) is 0 Å². The molecule has 0 saturated heterocycles. The molecule has 0 fully saturated rings. The maximum Gasteiger partial charge on any atom is 0.233 e. The van der Waals surface area contributed by atoms with Gasteiger partial charge in [-0.05, 0) is 69.3 Å². The van der Waals surface area contributed by atoms with Gasteiger partial charge in [-0.25, -0.2) is 4.98 Å². The van der Waals surface area contributed by atoms with Gasteiger partial charge in [-0.1, -0.05) is 35.6 Å². The smallest absolute Gasteiger partial charge is 0.233 e. The van der Waals surface area contributed by atoms with Gasteiger partial charge in [0.1, 0.15) is 0 Å². The lowest BCUT2D eigenvalue weighted by Gasteiger charge is -2.22. The Balaban J connectivity index is 0.00000280. The minimum Gasteiger partial charge on any atom is -0.308 e. The Bertz CT molecular complexity index is 968. The fourth-order valence-corrected chi connectivity index (χ4v) is 4.05. The van der Waals surface area contributed by atoms with Gasteiger partial charge < -0.3 is 4.90 Å². The van der Waals surface area contributed by atoms with E-state index in [0.29, 0.717) is 13.0 Å². The first-order valence-electron chi connectivity index (χ1n) is 9.22. The van der Waals surface area contributed by atoms with Gasteiger partial charge in [-0.15, -0.1) is 12.4 Å². The second-order valence-electron chi connectivity index (χ2n) is 7.41. The van der Waals surface area contributed by atoms with E-state index in [2.05, 4.69) is 49.9 Å². The third kappa shape index (κ3) is 5.31. The van der Waals surface area contributed by atoms with Gasteiger partial charge >= 0.3 is 0 Å². The van der Waals surface area contributed by atoms with Crippen molar-refractivity contribution in [2.24, 2.45) is 0 Å². The number of aromatic nitrogens is 1. The molecular formula is C22H28ClN3OS. The number of benzene rings is 2. The Hall–Kier alpha value is -1.95. The number of carbonyl (C=O) groups is 1. The second-order valence-corrected chi connectivity index (χ2v) is 8.42. The van der Waals surface area contributed by atoms with E-state index in [0.717, 1.165) is 27.5 Å². The third-order valence-corrected chi connectivity index (χ3v) is 5.80. The predicted molar refractivity (Wildman–Crippen MR) is 122 cm³/mol. The molecule has 4 nitrogen and oxygen atoms in total. The van der Waals surface area contributed by atoms with Crippen LogP contribution in [0, 0.1) is 20.8 Å². The van der Waals surface area contributed by atoms with Gasteiger partial charge in [-0.3, -0.25) is 9.69 Å². The van der Waals surface area contributed by atoms with Crippen LogP contribution in [0.3, 0.4) is 0 Å². The van der Waals surface area contributed by atoms with Crippen molar-refractivity contribution < 1.29 is 4.79 Å². The monoisotopic (exact) mass is 417 g/mol. The highest BCUT2D eigenvalue weighted by molar-refractivity contribution is 7.22. The van der Waals surface area contributed by atoms with Crippen molar-refractivity contribution >= 4 is 45.0 Å². The third-order valence-electron chi connectivity index (χ3n) is 4.76. The Morgan fingerprint density at radius 2 is 1.75 bits per heavy atom. The molecule has 3 aromatic rings. The minimum absolute atomic E-state index is 0. The average Bonchev–Trinajstić information content (AvgIpc) is 3.00. The summed E-state index contributed by atoms with van der Waals surface area (Å²) in [4.78, 5) is 21.8. The summed E-state index contributed by atoms with van der Waals surface area (Å²) in [5.41, 5.74) is 5.68. The van der Waals surface area contributed by atoms with E-state index in [4.69, 9.17) is 4.98 Å². The summed E-state index contributed by atoms with van der Waals surface area (Å²) in [7, 11) is 4.04. The summed E-state index contributed by atoms with van der Waals surface area (Å²) in [5, 5.41) is 0.784. The maximum atomic E-state index is 13.1. The number of nitrogens with zero attached hydrogens (tertiary/aromatic N) is 3. The molecule has 28 heavy (non-hydrogen) atoms. The molecule has 0 spiro atoms. The number of aryl methyl sites for hydroxylation is 3. The van der Waals surface area contributed by atoms with Crippen molar-refractivity contribution in [1.82, 2.24) is 9.88 Å². The molecule has 6 heteroatoms. The van der Waals surface area contributed by atoms with E-state index in [1.807, 2.05) is 31.1 Å². The lowest BCUT2D eigenvalue weighted by molar-refractivity contribution is -0.118. The fourth-order valence-electron chi connectivity index (χ4n) is 2.95. The van der Waals surface area contributed by atoms with Crippen molar-refractivity contribution in [2.75, 3.05) is 32.1 Å². The number of amides is 1. The number of anilines is 1. The summed E-state index contributed by atoms with van der Waals surface area (Å²) < 4.78 is 1.12. The molecule has 0 atom stereocenters. The quantitative estimate of drug-likeness (QED) is 0.579. The van der Waals surface area contributed by atoms with E-state index >= 15 is 0 Å². The van der Waals surface area contributed by atoms with Crippen LogP contribution in [0.1, 0.15) is 22.3 Å². The summed E-state index contributed by atoms with van der Waals surface area (Å²) in [6.45, 7) is 7.69. The van der Waals surface area contributed by atoms with Crippen molar-refractivity contribution in [1.29, 1.82) is 0 Å². The molecule has 1 aromatic heterocycles. The largest absolute Gasteiger partial charge is 0.308 e. The highest BCUT2D eigenvalue weighted by Gasteiger charge is 2.20. The Morgan fingerprint density at radius 1 is 1.00 bits per heavy atom. The second kappa shape index (κ2) is 9.50. The zero-order valence-electron chi connectivity index (χ0n) is 17.2. The van der Waals surface area contributed by atoms with Gasteiger partial charge in [0.2, 0.25) is 5.91 Å². The molecule has 150 valence electrons. The average molecular weight is 418 g/mol. The number of thiazole rings is 1. The summed E-state index contributed by atoms with van der Waals surface area (Å²) >= 11 is 1.59. The van der Waals surface area contributed by atoms with Crippen LogP contribution in [0.5, 0.6) is 0 Å². The first-order valence-corrected chi connectivity index (χ1v) is 10.0. The van der Waals surface area contributed by atoms with E-state index in [1.54, 1.807) is 11.3 Å². The number of hydrogen-bond acceptors (Lipinski definition) is 4. The molecule has 0 aliphatic rings. The van der Waals surface area contributed by atoms with E-state index in [-0.39, 0.29) is 18.3 Å². The Morgan fingerprint density at radius 3 is 2.43 bits per heavy atom. The fraction of sp³-hybridized carbons (Fsp3) is 0.364. The number of carbonyl (C=O) groups excluding carboxylic acids is 1. The SMILES string of the molecule is Cc1ccc2nc(N(CCN(C)C)C(=O)Cc3ccc(C)c(C)c3)sc2c1.Cl. The maximum absolute atomic E-state index is 13.1. The van der Waals surface area contributed by atoms with E-state index in [1.165, 1.54) is 16.7 Å². The first-order chi connectivity index (χ1) is 12.8. The van der Waals surface area contributed by atoms with Crippen LogP contribution >= 0.6 is 23.7 Å². The molecule has 3 rings (SSSR count). The molecule has 0 N–H and O–H groups in total.